The molecule has 8 heteroatoms. The zero-order valence-electron chi connectivity index (χ0n) is 13.9. The van der Waals surface area contributed by atoms with Gasteiger partial charge in [0.15, 0.2) is 5.65 Å². The highest BCUT2D eigenvalue weighted by atomic mass is 32.1. The van der Waals surface area contributed by atoms with Crippen molar-refractivity contribution < 1.29 is 14.7 Å². The van der Waals surface area contributed by atoms with Gasteiger partial charge in [-0.3, -0.25) is 14.3 Å². The van der Waals surface area contributed by atoms with Gasteiger partial charge in [0.2, 0.25) is 0 Å². The smallest absolute Gasteiger partial charge is 0.303 e. The van der Waals surface area contributed by atoms with Crippen molar-refractivity contribution in [2.24, 2.45) is 7.05 Å². The maximum Gasteiger partial charge on any atom is 0.303 e. The van der Waals surface area contributed by atoms with E-state index >= 15 is 0 Å². The molecule has 0 unspecified atom stereocenters. The molecule has 3 rings (SSSR count). The Morgan fingerprint density at radius 1 is 1.40 bits per heavy atom. The van der Waals surface area contributed by atoms with Gasteiger partial charge in [-0.05, 0) is 30.9 Å². The maximum atomic E-state index is 12.7. The second-order valence-electron chi connectivity index (χ2n) is 5.69. The molecule has 25 heavy (non-hydrogen) atoms. The van der Waals surface area contributed by atoms with Crippen molar-refractivity contribution in [3.63, 3.8) is 0 Å². The van der Waals surface area contributed by atoms with Crippen molar-refractivity contribution >= 4 is 34.2 Å². The van der Waals surface area contributed by atoms with Gasteiger partial charge < -0.3 is 10.4 Å². The second kappa shape index (κ2) is 7.02. The largest absolute Gasteiger partial charge is 0.481 e. The number of aliphatic carboxylic acids is 1. The Balaban J connectivity index is 1.97. The number of nitrogens with zero attached hydrogens (tertiary/aromatic N) is 3. The van der Waals surface area contributed by atoms with E-state index in [4.69, 9.17) is 5.11 Å². The second-order valence-corrected chi connectivity index (χ2v) is 6.64. The average molecular weight is 358 g/mol. The van der Waals surface area contributed by atoms with E-state index in [0.717, 1.165) is 21.7 Å². The van der Waals surface area contributed by atoms with E-state index in [1.54, 1.807) is 29.1 Å². The van der Waals surface area contributed by atoms with Crippen LogP contribution in [0.1, 0.15) is 28.9 Å². The van der Waals surface area contributed by atoms with Gasteiger partial charge >= 0.3 is 5.97 Å². The van der Waals surface area contributed by atoms with Crippen molar-refractivity contribution in [1.29, 1.82) is 0 Å². The molecule has 0 aromatic carbocycles. The predicted molar refractivity (Wildman–Crippen MR) is 95.8 cm³/mol. The lowest BCUT2D eigenvalue weighted by molar-refractivity contribution is -0.137. The van der Waals surface area contributed by atoms with Crippen LogP contribution in [0.15, 0.2) is 23.6 Å². The molecule has 3 aromatic heterocycles. The minimum absolute atomic E-state index is 0.0262. The monoisotopic (exact) mass is 358 g/mol. The van der Waals surface area contributed by atoms with Crippen LogP contribution in [-0.4, -0.2) is 38.3 Å². The lowest BCUT2D eigenvalue weighted by Gasteiger charge is -2.08. The van der Waals surface area contributed by atoms with E-state index in [2.05, 4.69) is 15.4 Å². The number of hydrogen-bond acceptors (Lipinski definition) is 5. The van der Waals surface area contributed by atoms with Crippen molar-refractivity contribution in [1.82, 2.24) is 20.1 Å². The summed E-state index contributed by atoms with van der Waals surface area (Å²) < 4.78 is 1.67. The fourth-order valence-corrected chi connectivity index (χ4v) is 3.40. The summed E-state index contributed by atoms with van der Waals surface area (Å²) in [6, 6.07) is 5.66. The molecule has 0 saturated carbocycles. The molecule has 0 aliphatic carbocycles. The summed E-state index contributed by atoms with van der Waals surface area (Å²) in [4.78, 5) is 28.9. The van der Waals surface area contributed by atoms with E-state index in [1.165, 1.54) is 0 Å². The van der Waals surface area contributed by atoms with Gasteiger partial charge in [0.05, 0.1) is 27.2 Å². The first-order valence-electron chi connectivity index (χ1n) is 7.85. The van der Waals surface area contributed by atoms with E-state index in [-0.39, 0.29) is 12.3 Å². The van der Waals surface area contributed by atoms with Crippen molar-refractivity contribution in [3.8, 4) is 10.6 Å². The molecule has 7 nitrogen and oxygen atoms in total. The van der Waals surface area contributed by atoms with Gasteiger partial charge in [0, 0.05) is 20.0 Å². The number of thiophene rings is 1. The molecule has 0 atom stereocenters. The molecule has 130 valence electrons. The standard InChI is InChI=1S/C17H18N4O3S/c1-10-15-11(17(24)18-7-3-6-14(22)23)9-12(13-5-4-8-25-13)19-16(15)21(2)20-10/h4-5,8-9H,3,6-7H2,1-2H3,(H,18,24)(H,22,23). The van der Waals surface area contributed by atoms with E-state index < -0.39 is 5.97 Å². The Morgan fingerprint density at radius 3 is 2.88 bits per heavy atom. The summed E-state index contributed by atoms with van der Waals surface area (Å²) >= 11 is 1.55. The molecule has 0 fully saturated rings. The third kappa shape index (κ3) is 3.53. The number of aromatic nitrogens is 3. The van der Waals surface area contributed by atoms with Crippen LogP contribution in [-0.2, 0) is 11.8 Å². The summed E-state index contributed by atoms with van der Waals surface area (Å²) in [6.45, 7) is 2.15. The lowest BCUT2D eigenvalue weighted by atomic mass is 10.1. The molecule has 0 bridgehead atoms. The van der Waals surface area contributed by atoms with Gasteiger partial charge in [-0.1, -0.05) is 6.07 Å². The summed E-state index contributed by atoms with van der Waals surface area (Å²) in [5.74, 6) is -1.12. The van der Waals surface area contributed by atoms with Crippen LogP contribution >= 0.6 is 11.3 Å². The van der Waals surface area contributed by atoms with E-state index in [9.17, 15) is 9.59 Å². The molecule has 1 amide bonds. The topological polar surface area (TPSA) is 97.1 Å². The lowest BCUT2D eigenvalue weighted by Crippen LogP contribution is -2.25. The number of aryl methyl sites for hydroxylation is 2. The number of carbonyl (C=O) groups is 2. The van der Waals surface area contributed by atoms with Crippen LogP contribution in [0, 0.1) is 6.92 Å². The number of rotatable bonds is 6. The molecule has 0 aliphatic heterocycles. The number of nitrogens with one attached hydrogen (secondary N) is 1. The van der Waals surface area contributed by atoms with Crippen LogP contribution < -0.4 is 5.32 Å². The number of pyridine rings is 1. The summed E-state index contributed by atoms with van der Waals surface area (Å²) in [7, 11) is 1.80. The van der Waals surface area contributed by atoms with Crippen LogP contribution in [0.2, 0.25) is 0 Å². The quantitative estimate of drug-likeness (QED) is 0.660. The summed E-state index contributed by atoms with van der Waals surface area (Å²) in [5.41, 5.74) is 2.62. The third-order valence-corrected chi connectivity index (χ3v) is 4.73. The molecule has 0 saturated heterocycles. The van der Waals surface area contributed by atoms with Gasteiger partial charge in [0.25, 0.3) is 5.91 Å². The fraction of sp³-hybridized carbons (Fsp3) is 0.294. The SMILES string of the molecule is Cc1nn(C)c2nc(-c3cccs3)cc(C(=O)NCCCC(=O)O)c12. The van der Waals surface area contributed by atoms with Gasteiger partial charge in [0.1, 0.15) is 0 Å². The third-order valence-electron chi connectivity index (χ3n) is 3.84. The van der Waals surface area contributed by atoms with E-state index in [0.29, 0.717) is 24.2 Å². The summed E-state index contributed by atoms with van der Waals surface area (Å²) in [6.07, 6.45) is 0.414. The molecular weight excluding hydrogens is 340 g/mol. The number of hydrogen-bond donors (Lipinski definition) is 2. The Morgan fingerprint density at radius 2 is 2.20 bits per heavy atom. The zero-order valence-corrected chi connectivity index (χ0v) is 14.8. The average Bonchev–Trinajstić information content (AvgIpc) is 3.19. The molecule has 0 radical (unpaired) electrons. The van der Waals surface area contributed by atoms with Gasteiger partial charge in [-0.2, -0.15) is 5.10 Å². The van der Waals surface area contributed by atoms with Crippen molar-refractivity contribution in [2.75, 3.05) is 6.54 Å². The number of carboxylic acids is 1. The van der Waals surface area contributed by atoms with Crippen LogP contribution in [0.5, 0.6) is 0 Å². The normalized spacial score (nSPS) is 11.0. The van der Waals surface area contributed by atoms with Crippen LogP contribution in [0.3, 0.4) is 0 Å². The zero-order chi connectivity index (χ0) is 18.0. The molecule has 3 heterocycles. The Bertz CT molecular complexity index is 931. The number of fused-ring (bicyclic) bond motifs is 1. The molecular formula is C17H18N4O3S. The summed E-state index contributed by atoms with van der Waals surface area (Å²) in [5, 5.41) is 18.5. The highest BCUT2D eigenvalue weighted by Gasteiger charge is 2.19. The van der Waals surface area contributed by atoms with E-state index in [1.807, 2.05) is 24.4 Å². The minimum atomic E-state index is -0.872. The first-order valence-corrected chi connectivity index (χ1v) is 8.73. The predicted octanol–water partition coefficient (Wildman–Crippen LogP) is 2.60. The van der Waals surface area contributed by atoms with Gasteiger partial charge in [-0.15, -0.1) is 11.3 Å². The first-order chi connectivity index (χ1) is 12.0. The number of carbonyl (C=O) groups excluding carboxylic acids is 1. The first kappa shape index (κ1) is 17.1. The molecule has 0 spiro atoms. The van der Waals surface area contributed by atoms with Crippen LogP contribution in [0.25, 0.3) is 21.6 Å². The Labute approximate surface area is 148 Å². The van der Waals surface area contributed by atoms with Crippen LogP contribution in [0.4, 0.5) is 0 Å². The fourth-order valence-electron chi connectivity index (χ4n) is 2.71. The maximum absolute atomic E-state index is 12.7. The Kier molecular flexibility index (Phi) is 4.80. The number of carboxylic acid groups (broad SMARTS) is 1. The minimum Gasteiger partial charge on any atom is -0.481 e. The highest BCUT2D eigenvalue weighted by Crippen LogP contribution is 2.29. The van der Waals surface area contributed by atoms with Crippen molar-refractivity contribution in [3.05, 3.63) is 34.8 Å². The number of amides is 1. The van der Waals surface area contributed by atoms with Gasteiger partial charge in [-0.25, -0.2) is 4.98 Å². The Hall–Kier alpha value is -2.74. The highest BCUT2D eigenvalue weighted by molar-refractivity contribution is 7.13. The molecule has 3 aromatic rings. The molecule has 2 N–H and O–H groups in total. The molecule has 0 aliphatic rings. The van der Waals surface area contributed by atoms with Crippen molar-refractivity contribution in [2.45, 2.75) is 19.8 Å².